The highest BCUT2D eigenvalue weighted by Gasteiger charge is 2.42. The third kappa shape index (κ3) is 2.88. The lowest BCUT2D eigenvalue weighted by Crippen LogP contribution is -2.47. The van der Waals surface area contributed by atoms with Gasteiger partial charge in [0.05, 0.1) is 19.0 Å². The molecule has 2 saturated heterocycles. The van der Waals surface area contributed by atoms with E-state index in [2.05, 4.69) is 0 Å². The Labute approximate surface area is 119 Å². The zero-order chi connectivity index (χ0) is 14.1. The molecule has 3 rings (SSSR count). The smallest absolute Gasteiger partial charge is 0.218 e. The summed E-state index contributed by atoms with van der Waals surface area (Å²) in [5.74, 6) is -0.471. The van der Waals surface area contributed by atoms with Gasteiger partial charge in [-0.1, -0.05) is 30.3 Å². The van der Waals surface area contributed by atoms with E-state index in [0.717, 1.165) is 5.56 Å². The molecule has 0 amide bonds. The van der Waals surface area contributed by atoms with Crippen molar-refractivity contribution >= 4 is 10.0 Å². The van der Waals surface area contributed by atoms with Crippen LogP contribution in [0.1, 0.15) is 18.4 Å². The molecule has 2 aliphatic rings. The quantitative estimate of drug-likeness (QED) is 0.845. The summed E-state index contributed by atoms with van der Waals surface area (Å²) < 4.78 is 37.6. The molecule has 0 atom stereocenters. The number of hydrogen-bond acceptors (Lipinski definition) is 4. The molecule has 0 unspecified atom stereocenters. The highest BCUT2D eigenvalue weighted by atomic mass is 32.2. The van der Waals surface area contributed by atoms with E-state index >= 15 is 0 Å². The Bertz CT molecular complexity index is 542. The Kier molecular flexibility index (Phi) is 3.81. The normalized spacial score (nSPS) is 23.2. The summed E-state index contributed by atoms with van der Waals surface area (Å²) in [4.78, 5) is 0. The molecule has 0 aromatic heterocycles. The fourth-order valence-corrected chi connectivity index (χ4v) is 4.30. The molecule has 0 saturated carbocycles. The van der Waals surface area contributed by atoms with Crippen LogP contribution in [0.25, 0.3) is 0 Å². The molecule has 2 heterocycles. The molecule has 2 aliphatic heterocycles. The summed E-state index contributed by atoms with van der Waals surface area (Å²) >= 11 is 0. The fraction of sp³-hybridized carbons (Fsp3) is 0.571. The van der Waals surface area contributed by atoms with Gasteiger partial charge in [0, 0.05) is 25.9 Å². The third-order valence-electron chi connectivity index (χ3n) is 3.88. The lowest BCUT2D eigenvalue weighted by molar-refractivity contribution is -0.179. The molecule has 6 heteroatoms. The van der Waals surface area contributed by atoms with Crippen molar-refractivity contribution < 1.29 is 17.9 Å². The van der Waals surface area contributed by atoms with Gasteiger partial charge >= 0.3 is 0 Å². The fourth-order valence-electron chi connectivity index (χ4n) is 2.77. The minimum absolute atomic E-state index is 0.0581. The molecule has 0 N–H and O–H groups in total. The van der Waals surface area contributed by atoms with Crippen molar-refractivity contribution in [3.05, 3.63) is 35.9 Å². The number of hydrogen-bond donors (Lipinski definition) is 0. The number of piperidine rings is 1. The minimum Gasteiger partial charge on any atom is -0.347 e. The average molecular weight is 297 g/mol. The van der Waals surface area contributed by atoms with Gasteiger partial charge in [-0.3, -0.25) is 0 Å². The Balaban J connectivity index is 1.64. The van der Waals surface area contributed by atoms with Crippen LogP contribution in [0.15, 0.2) is 30.3 Å². The molecule has 5 nitrogen and oxygen atoms in total. The van der Waals surface area contributed by atoms with Crippen molar-refractivity contribution in [2.45, 2.75) is 24.4 Å². The van der Waals surface area contributed by atoms with Gasteiger partial charge in [0.1, 0.15) is 0 Å². The maximum atomic E-state index is 12.4. The minimum atomic E-state index is -3.26. The van der Waals surface area contributed by atoms with Gasteiger partial charge in [-0.15, -0.1) is 0 Å². The van der Waals surface area contributed by atoms with Gasteiger partial charge in [0.25, 0.3) is 0 Å². The molecule has 0 radical (unpaired) electrons. The maximum absolute atomic E-state index is 12.4. The number of ether oxygens (including phenoxy) is 2. The van der Waals surface area contributed by atoms with Crippen molar-refractivity contribution in [2.75, 3.05) is 26.3 Å². The zero-order valence-electron chi connectivity index (χ0n) is 11.3. The van der Waals surface area contributed by atoms with E-state index in [-0.39, 0.29) is 5.75 Å². The van der Waals surface area contributed by atoms with Crippen LogP contribution >= 0.6 is 0 Å². The molecule has 1 spiro atoms. The van der Waals surface area contributed by atoms with Gasteiger partial charge in [0.2, 0.25) is 10.0 Å². The Hall–Kier alpha value is -0.950. The summed E-state index contributed by atoms with van der Waals surface area (Å²) in [6.45, 7) is 2.15. The molecule has 2 fully saturated rings. The van der Waals surface area contributed by atoms with Crippen LogP contribution in [0.3, 0.4) is 0 Å². The second kappa shape index (κ2) is 5.44. The predicted octanol–water partition coefficient (Wildman–Crippen LogP) is 1.36. The predicted molar refractivity (Wildman–Crippen MR) is 74.5 cm³/mol. The summed E-state index contributed by atoms with van der Waals surface area (Å²) in [7, 11) is -3.26. The van der Waals surface area contributed by atoms with Crippen molar-refractivity contribution in [1.29, 1.82) is 0 Å². The Morgan fingerprint density at radius 2 is 1.65 bits per heavy atom. The van der Waals surface area contributed by atoms with Gasteiger partial charge in [-0.25, -0.2) is 12.7 Å². The molecule has 0 bridgehead atoms. The monoisotopic (exact) mass is 297 g/mol. The first-order valence-corrected chi connectivity index (χ1v) is 8.50. The lowest BCUT2D eigenvalue weighted by atomic mass is 10.1. The first-order valence-electron chi connectivity index (χ1n) is 6.89. The van der Waals surface area contributed by atoms with Gasteiger partial charge < -0.3 is 9.47 Å². The summed E-state index contributed by atoms with van der Waals surface area (Å²) in [5, 5.41) is 0. The van der Waals surface area contributed by atoms with Crippen molar-refractivity contribution in [3.63, 3.8) is 0 Å². The van der Waals surface area contributed by atoms with E-state index in [9.17, 15) is 8.42 Å². The molecule has 1 aromatic rings. The topological polar surface area (TPSA) is 55.8 Å². The van der Waals surface area contributed by atoms with Crippen LogP contribution in [-0.4, -0.2) is 44.8 Å². The van der Waals surface area contributed by atoms with Crippen molar-refractivity contribution in [2.24, 2.45) is 0 Å². The number of benzene rings is 1. The zero-order valence-corrected chi connectivity index (χ0v) is 12.1. The second-order valence-electron chi connectivity index (χ2n) is 5.25. The SMILES string of the molecule is O=S(=O)(Cc1ccccc1)N1CCC2(CC1)OCCO2. The highest BCUT2D eigenvalue weighted by molar-refractivity contribution is 7.88. The van der Waals surface area contributed by atoms with Gasteiger partial charge in [0.15, 0.2) is 5.79 Å². The van der Waals surface area contributed by atoms with Crippen LogP contribution in [0, 0.1) is 0 Å². The highest BCUT2D eigenvalue weighted by Crippen LogP contribution is 2.32. The standard InChI is InChI=1S/C14H19NO4S/c16-20(17,12-13-4-2-1-3-5-13)15-8-6-14(7-9-15)18-10-11-19-14/h1-5H,6-12H2. The van der Waals surface area contributed by atoms with Gasteiger partial charge in [-0.05, 0) is 5.56 Å². The first-order chi connectivity index (χ1) is 9.60. The molecule has 20 heavy (non-hydrogen) atoms. The lowest BCUT2D eigenvalue weighted by Gasteiger charge is -2.36. The van der Waals surface area contributed by atoms with Crippen molar-refractivity contribution in [1.82, 2.24) is 4.31 Å². The van der Waals surface area contributed by atoms with Crippen LogP contribution in [0.4, 0.5) is 0 Å². The summed E-state index contributed by atoms with van der Waals surface area (Å²) in [6.07, 6.45) is 1.22. The maximum Gasteiger partial charge on any atom is 0.218 e. The summed E-state index contributed by atoms with van der Waals surface area (Å²) in [5.41, 5.74) is 0.821. The van der Waals surface area contributed by atoms with Crippen molar-refractivity contribution in [3.8, 4) is 0 Å². The molecular weight excluding hydrogens is 278 g/mol. The van der Waals surface area contributed by atoms with Gasteiger partial charge in [-0.2, -0.15) is 0 Å². The molecular formula is C14H19NO4S. The summed E-state index contributed by atoms with van der Waals surface area (Å²) in [6, 6.07) is 9.28. The van der Waals surface area contributed by atoms with Crippen LogP contribution < -0.4 is 0 Å². The Morgan fingerprint density at radius 3 is 2.25 bits per heavy atom. The number of rotatable bonds is 3. The van der Waals surface area contributed by atoms with Crippen LogP contribution in [-0.2, 0) is 25.2 Å². The molecule has 1 aromatic carbocycles. The van der Waals surface area contributed by atoms with Crippen LogP contribution in [0.2, 0.25) is 0 Å². The largest absolute Gasteiger partial charge is 0.347 e. The molecule has 110 valence electrons. The number of nitrogens with zero attached hydrogens (tertiary/aromatic N) is 1. The van der Waals surface area contributed by atoms with Crippen LogP contribution in [0.5, 0.6) is 0 Å². The van der Waals surface area contributed by atoms with E-state index in [1.807, 2.05) is 30.3 Å². The van der Waals surface area contributed by atoms with E-state index in [1.165, 1.54) is 0 Å². The van der Waals surface area contributed by atoms with E-state index in [0.29, 0.717) is 39.1 Å². The number of sulfonamides is 1. The third-order valence-corrected chi connectivity index (χ3v) is 5.73. The second-order valence-corrected chi connectivity index (χ2v) is 7.22. The van der Waals surface area contributed by atoms with E-state index in [4.69, 9.17) is 9.47 Å². The van der Waals surface area contributed by atoms with E-state index in [1.54, 1.807) is 4.31 Å². The molecule has 0 aliphatic carbocycles. The Morgan fingerprint density at radius 1 is 1.05 bits per heavy atom. The first kappa shape index (κ1) is 14.0. The van der Waals surface area contributed by atoms with E-state index < -0.39 is 15.8 Å². The average Bonchev–Trinajstić information content (AvgIpc) is 2.88.